The van der Waals surface area contributed by atoms with Gasteiger partial charge in [0.15, 0.2) is 0 Å². The number of amides is 1. The average molecular weight is 474 g/mol. The van der Waals surface area contributed by atoms with Gasteiger partial charge in [-0.2, -0.15) is 0 Å². The van der Waals surface area contributed by atoms with E-state index in [1.807, 2.05) is 6.92 Å². The molecule has 0 heterocycles. The van der Waals surface area contributed by atoms with Crippen LogP contribution in [0, 0.1) is 5.41 Å². The van der Waals surface area contributed by atoms with Crippen molar-refractivity contribution >= 4 is 12.1 Å². The fourth-order valence-corrected chi connectivity index (χ4v) is 3.52. The largest absolute Gasteiger partial charge is 0.465 e. The van der Waals surface area contributed by atoms with E-state index in [0.29, 0.717) is 32.4 Å². The van der Waals surface area contributed by atoms with Crippen LogP contribution in [0.2, 0.25) is 0 Å². The molecule has 0 aromatic carbocycles. The highest BCUT2D eigenvalue weighted by Gasteiger charge is 2.28. The van der Waals surface area contributed by atoms with Crippen molar-refractivity contribution in [3.63, 3.8) is 0 Å². The van der Waals surface area contributed by atoms with Crippen LogP contribution >= 0.6 is 0 Å². The molecular formula is C26H51NO6. The first kappa shape index (κ1) is 31.7. The van der Waals surface area contributed by atoms with E-state index in [9.17, 15) is 19.8 Å². The Kier molecular flexibility index (Phi) is 21.5. The van der Waals surface area contributed by atoms with E-state index in [1.54, 1.807) is 0 Å². The molecule has 0 aliphatic rings. The molecule has 0 aromatic rings. The highest BCUT2D eigenvalue weighted by atomic mass is 16.5. The lowest BCUT2D eigenvalue weighted by Gasteiger charge is -2.27. The van der Waals surface area contributed by atoms with Gasteiger partial charge < -0.3 is 25.0 Å². The fourth-order valence-electron chi connectivity index (χ4n) is 3.52. The number of aliphatic hydroxyl groups excluding tert-OH is 2. The van der Waals surface area contributed by atoms with Crippen molar-refractivity contribution in [3.8, 4) is 0 Å². The topological polar surface area (TPSA) is 105 Å². The summed E-state index contributed by atoms with van der Waals surface area (Å²) in [5, 5.41) is 21.5. The van der Waals surface area contributed by atoms with E-state index >= 15 is 0 Å². The number of carbonyl (C=O) groups excluding carboxylic acids is 2. The first-order valence-corrected chi connectivity index (χ1v) is 13.3. The molecular weight excluding hydrogens is 422 g/mol. The van der Waals surface area contributed by atoms with E-state index in [0.717, 1.165) is 32.1 Å². The number of ether oxygens (including phenoxy) is 2. The SMILES string of the molecule is CCCCCCCCCCCCNC(=O)OCCCCCCC(=O)OCC(CC)(CO)CO. The van der Waals surface area contributed by atoms with E-state index in [4.69, 9.17) is 9.47 Å². The second-order valence-electron chi connectivity index (χ2n) is 9.24. The summed E-state index contributed by atoms with van der Waals surface area (Å²) in [7, 11) is 0. The number of carbonyl (C=O) groups is 2. The van der Waals surface area contributed by atoms with Gasteiger partial charge in [-0.1, -0.05) is 84.5 Å². The Bertz CT molecular complexity index is 459. The van der Waals surface area contributed by atoms with Crippen LogP contribution in [0.5, 0.6) is 0 Å². The molecule has 3 N–H and O–H groups in total. The smallest absolute Gasteiger partial charge is 0.407 e. The summed E-state index contributed by atoms with van der Waals surface area (Å²) in [5.41, 5.74) is -0.749. The van der Waals surface area contributed by atoms with Crippen LogP contribution in [-0.2, 0) is 14.3 Å². The predicted octanol–water partition coefficient (Wildman–Crippen LogP) is 5.51. The van der Waals surface area contributed by atoms with Gasteiger partial charge in [0.1, 0.15) is 6.61 Å². The average Bonchev–Trinajstić information content (AvgIpc) is 2.83. The van der Waals surface area contributed by atoms with Gasteiger partial charge in [0, 0.05) is 13.0 Å². The van der Waals surface area contributed by atoms with Gasteiger partial charge in [-0.15, -0.1) is 0 Å². The fraction of sp³-hybridized carbons (Fsp3) is 0.923. The van der Waals surface area contributed by atoms with E-state index < -0.39 is 5.41 Å². The van der Waals surface area contributed by atoms with Crippen molar-refractivity contribution < 1.29 is 29.3 Å². The van der Waals surface area contributed by atoms with Crippen molar-refractivity contribution in [2.75, 3.05) is 33.0 Å². The second kappa shape index (κ2) is 22.5. The van der Waals surface area contributed by atoms with Crippen LogP contribution in [0.4, 0.5) is 4.79 Å². The van der Waals surface area contributed by atoms with E-state index in [2.05, 4.69) is 12.2 Å². The minimum atomic E-state index is -0.749. The summed E-state index contributed by atoms with van der Waals surface area (Å²) >= 11 is 0. The first-order chi connectivity index (χ1) is 16.0. The quantitative estimate of drug-likeness (QED) is 0.133. The van der Waals surface area contributed by atoms with Gasteiger partial charge in [-0.05, 0) is 25.7 Å². The molecule has 196 valence electrons. The third-order valence-electron chi connectivity index (χ3n) is 6.27. The molecule has 0 fully saturated rings. The van der Waals surface area contributed by atoms with Crippen molar-refractivity contribution in [1.82, 2.24) is 5.32 Å². The lowest BCUT2D eigenvalue weighted by Crippen LogP contribution is -2.35. The van der Waals surface area contributed by atoms with E-state index in [1.165, 1.54) is 51.4 Å². The number of alkyl carbamates (subject to hydrolysis) is 1. The lowest BCUT2D eigenvalue weighted by atomic mass is 9.88. The number of hydrogen-bond acceptors (Lipinski definition) is 6. The molecule has 0 rings (SSSR count). The summed E-state index contributed by atoms with van der Waals surface area (Å²) in [4.78, 5) is 23.5. The van der Waals surface area contributed by atoms with Crippen molar-refractivity contribution in [3.05, 3.63) is 0 Å². The summed E-state index contributed by atoms with van der Waals surface area (Å²) in [6.07, 6.45) is 16.5. The molecule has 0 radical (unpaired) electrons. The van der Waals surface area contributed by atoms with E-state index in [-0.39, 0.29) is 31.9 Å². The number of nitrogens with one attached hydrogen (secondary N) is 1. The van der Waals surface area contributed by atoms with Gasteiger partial charge in [0.2, 0.25) is 0 Å². The molecule has 0 aliphatic heterocycles. The van der Waals surface area contributed by atoms with Gasteiger partial charge in [0.25, 0.3) is 0 Å². The molecule has 1 amide bonds. The Hall–Kier alpha value is -1.34. The molecule has 0 bridgehead atoms. The first-order valence-electron chi connectivity index (χ1n) is 13.3. The number of unbranched alkanes of at least 4 members (excludes halogenated alkanes) is 12. The molecule has 0 saturated carbocycles. The maximum absolute atomic E-state index is 11.8. The summed E-state index contributed by atoms with van der Waals surface area (Å²) < 4.78 is 10.4. The van der Waals surface area contributed by atoms with Gasteiger partial charge in [0.05, 0.1) is 25.2 Å². The van der Waals surface area contributed by atoms with Crippen LogP contribution < -0.4 is 5.32 Å². The van der Waals surface area contributed by atoms with Crippen LogP contribution in [0.3, 0.4) is 0 Å². The highest BCUT2D eigenvalue weighted by molar-refractivity contribution is 5.69. The zero-order valence-corrected chi connectivity index (χ0v) is 21.4. The molecule has 33 heavy (non-hydrogen) atoms. The molecule has 0 aromatic heterocycles. The summed E-state index contributed by atoms with van der Waals surface area (Å²) in [6.45, 7) is 4.77. The Morgan fingerprint density at radius 3 is 1.85 bits per heavy atom. The standard InChI is InChI=1S/C26H51NO6/c1-3-5-6-7-8-9-10-11-13-16-19-27-25(31)32-20-17-14-12-15-18-24(30)33-23-26(4-2,21-28)22-29/h28-29H,3-23H2,1-2H3,(H,27,31). The van der Waals surface area contributed by atoms with Crippen LogP contribution in [-0.4, -0.2) is 55.2 Å². The van der Waals surface area contributed by atoms with Crippen LogP contribution in [0.15, 0.2) is 0 Å². The second-order valence-corrected chi connectivity index (χ2v) is 9.24. The monoisotopic (exact) mass is 473 g/mol. The van der Waals surface area contributed by atoms with Crippen molar-refractivity contribution in [2.45, 2.75) is 117 Å². The number of esters is 1. The minimum Gasteiger partial charge on any atom is -0.465 e. The van der Waals surface area contributed by atoms with Crippen molar-refractivity contribution in [2.24, 2.45) is 5.41 Å². The molecule has 7 heteroatoms. The Labute approximate surface area is 202 Å². The number of rotatable bonds is 23. The van der Waals surface area contributed by atoms with Gasteiger partial charge in [-0.25, -0.2) is 4.79 Å². The lowest BCUT2D eigenvalue weighted by molar-refractivity contribution is -0.149. The minimum absolute atomic E-state index is 0.0391. The van der Waals surface area contributed by atoms with Gasteiger partial charge in [-0.3, -0.25) is 4.79 Å². The molecule has 0 saturated heterocycles. The third-order valence-corrected chi connectivity index (χ3v) is 6.27. The Morgan fingerprint density at radius 1 is 0.727 bits per heavy atom. The highest BCUT2D eigenvalue weighted by Crippen LogP contribution is 2.21. The number of hydrogen-bond donors (Lipinski definition) is 3. The normalized spacial score (nSPS) is 11.4. The molecule has 0 unspecified atom stereocenters. The Balaban J connectivity index is 3.44. The summed E-state index contributed by atoms with van der Waals surface area (Å²) in [5.74, 6) is -0.308. The zero-order valence-electron chi connectivity index (χ0n) is 21.4. The number of aliphatic hydroxyl groups is 2. The molecule has 0 aliphatic carbocycles. The Morgan fingerprint density at radius 2 is 1.27 bits per heavy atom. The van der Waals surface area contributed by atoms with Crippen molar-refractivity contribution in [1.29, 1.82) is 0 Å². The summed E-state index contributed by atoms with van der Waals surface area (Å²) in [6, 6.07) is 0. The molecule has 0 atom stereocenters. The third kappa shape index (κ3) is 18.7. The van der Waals surface area contributed by atoms with Crippen LogP contribution in [0.25, 0.3) is 0 Å². The van der Waals surface area contributed by atoms with Crippen LogP contribution in [0.1, 0.15) is 117 Å². The molecule has 0 spiro atoms. The molecule has 7 nitrogen and oxygen atoms in total. The van der Waals surface area contributed by atoms with Gasteiger partial charge >= 0.3 is 12.1 Å². The maximum atomic E-state index is 11.8. The predicted molar refractivity (Wildman–Crippen MR) is 132 cm³/mol. The zero-order chi connectivity index (χ0) is 24.6. The maximum Gasteiger partial charge on any atom is 0.407 e.